The van der Waals surface area contributed by atoms with Gasteiger partial charge in [0.1, 0.15) is 11.8 Å². The molecule has 3 N–H and O–H groups in total. The first kappa shape index (κ1) is 12.9. The molecule has 1 aromatic carbocycles. The van der Waals surface area contributed by atoms with Gasteiger partial charge in [-0.1, -0.05) is 41.6 Å². The lowest BCUT2D eigenvalue weighted by Crippen LogP contribution is -2.15. The van der Waals surface area contributed by atoms with Crippen molar-refractivity contribution in [2.45, 2.75) is 13.0 Å². The number of nitrogens with two attached hydrogens (primary N) is 1. The smallest absolute Gasteiger partial charge is 0.214 e. The highest BCUT2D eigenvalue weighted by molar-refractivity contribution is 5.95. The maximum atomic E-state index is 8.62. The number of aromatic nitrogens is 1. The Bertz CT molecular complexity index is 570. The van der Waals surface area contributed by atoms with Gasteiger partial charge in [-0.25, -0.2) is 4.98 Å². The zero-order valence-corrected chi connectivity index (χ0v) is 10.5. The highest BCUT2D eigenvalue weighted by Gasteiger charge is 2.09. The van der Waals surface area contributed by atoms with Gasteiger partial charge in [-0.3, -0.25) is 0 Å². The van der Waals surface area contributed by atoms with Gasteiger partial charge in [-0.05, 0) is 18.6 Å². The Morgan fingerprint density at radius 1 is 1.21 bits per heavy atom. The van der Waals surface area contributed by atoms with E-state index in [9.17, 15) is 0 Å². The number of ether oxygens (including phenoxy) is 1. The summed E-state index contributed by atoms with van der Waals surface area (Å²) in [6.45, 7) is 1.94. The van der Waals surface area contributed by atoms with E-state index in [4.69, 9.17) is 15.7 Å². The molecule has 2 rings (SSSR count). The summed E-state index contributed by atoms with van der Waals surface area (Å²) in [6, 6.07) is 14.9. The van der Waals surface area contributed by atoms with Gasteiger partial charge >= 0.3 is 0 Å². The van der Waals surface area contributed by atoms with Crippen molar-refractivity contribution in [2.75, 3.05) is 0 Å². The highest BCUT2D eigenvalue weighted by atomic mass is 16.5. The molecule has 1 heterocycles. The average Bonchev–Trinajstić information content (AvgIpc) is 2.47. The minimum absolute atomic E-state index is 0.0437. The summed E-state index contributed by atoms with van der Waals surface area (Å²) < 4.78 is 5.73. The van der Waals surface area contributed by atoms with Crippen LogP contribution in [0.3, 0.4) is 0 Å². The Labute approximate surface area is 111 Å². The predicted octanol–water partition coefficient (Wildman–Crippen LogP) is 2.32. The topological polar surface area (TPSA) is 80.7 Å². The Balaban J connectivity index is 2.16. The van der Waals surface area contributed by atoms with E-state index in [-0.39, 0.29) is 11.9 Å². The molecule has 19 heavy (non-hydrogen) atoms. The summed E-state index contributed by atoms with van der Waals surface area (Å²) in [7, 11) is 0. The number of pyridine rings is 1. The van der Waals surface area contributed by atoms with Gasteiger partial charge in [0.2, 0.25) is 5.88 Å². The van der Waals surface area contributed by atoms with Gasteiger partial charge in [0.05, 0.1) is 0 Å². The van der Waals surface area contributed by atoms with Crippen LogP contribution in [0.15, 0.2) is 53.7 Å². The monoisotopic (exact) mass is 257 g/mol. The van der Waals surface area contributed by atoms with E-state index >= 15 is 0 Å². The summed E-state index contributed by atoms with van der Waals surface area (Å²) in [5.74, 6) is 0.387. The van der Waals surface area contributed by atoms with Crippen LogP contribution >= 0.6 is 0 Å². The fourth-order valence-corrected chi connectivity index (χ4v) is 1.65. The van der Waals surface area contributed by atoms with Crippen molar-refractivity contribution in [3.63, 3.8) is 0 Å². The number of amidine groups is 1. The van der Waals surface area contributed by atoms with Gasteiger partial charge in [-0.2, -0.15) is 0 Å². The van der Waals surface area contributed by atoms with Crippen LogP contribution in [0.2, 0.25) is 0 Å². The third kappa shape index (κ3) is 3.22. The van der Waals surface area contributed by atoms with Crippen molar-refractivity contribution in [3.05, 3.63) is 59.8 Å². The molecule has 5 nitrogen and oxygen atoms in total. The minimum Gasteiger partial charge on any atom is -0.470 e. The van der Waals surface area contributed by atoms with Crippen LogP contribution in [0.5, 0.6) is 5.88 Å². The number of hydrogen-bond acceptors (Lipinski definition) is 4. The molecule has 0 saturated carbocycles. The van der Waals surface area contributed by atoms with E-state index in [0.717, 1.165) is 5.56 Å². The Kier molecular flexibility index (Phi) is 3.97. The third-order valence-electron chi connectivity index (χ3n) is 2.66. The van der Waals surface area contributed by atoms with Crippen LogP contribution in [0.4, 0.5) is 0 Å². The molecule has 0 aliphatic rings. The van der Waals surface area contributed by atoms with E-state index in [2.05, 4.69) is 10.1 Å². The van der Waals surface area contributed by atoms with Crippen molar-refractivity contribution in [1.82, 2.24) is 4.98 Å². The fraction of sp³-hybridized carbons (Fsp3) is 0.143. The average molecular weight is 257 g/mol. The van der Waals surface area contributed by atoms with Crippen molar-refractivity contribution in [2.24, 2.45) is 10.9 Å². The fourth-order valence-electron chi connectivity index (χ4n) is 1.65. The molecular formula is C14H15N3O2. The molecule has 0 aliphatic heterocycles. The molecule has 0 bridgehead atoms. The molecule has 5 heteroatoms. The molecule has 2 aromatic rings. The molecule has 0 spiro atoms. The first-order valence-corrected chi connectivity index (χ1v) is 5.87. The maximum absolute atomic E-state index is 8.62. The van der Waals surface area contributed by atoms with E-state index < -0.39 is 0 Å². The molecule has 1 atom stereocenters. The van der Waals surface area contributed by atoms with Crippen molar-refractivity contribution in [3.8, 4) is 5.88 Å². The summed E-state index contributed by atoms with van der Waals surface area (Å²) in [6.07, 6.45) is -0.128. The van der Waals surface area contributed by atoms with E-state index in [1.807, 2.05) is 37.3 Å². The Morgan fingerprint density at radius 3 is 2.63 bits per heavy atom. The molecule has 98 valence electrons. The normalized spacial score (nSPS) is 13.0. The van der Waals surface area contributed by atoms with Crippen LogP contribution < -0.4 is 10.5 Å². The van der Waals surface area contributed by atoms with Crippen molar-refractivity contribution < 1.29 is 9.94 Å². The Hall–Kier alpha value is -2.56. The molecular weight excluding hydrogens is 242 g/mol. The quantitative estimate of drug-likeness (QED) is 0.381. The summed E-state index contributed by atoms with van der Waals surface area (Å²) >= 11 is 0. The second-order valence-electron chi connectivity index (χ2n) is 4.02. The SMILES string of the molecule is CC(Oc1cccc(C(N)=NO)n1)c1ccccc1. The van der Waals surface area contributed by atoms with Crippen molar-refractivity contribution in [1.29, 1.82) is 0 Å². The lowest BCUT2D eigenvalue weighted by molar-refractivity contribution is 0.217. The van der Waals surface area contributed by atoms with E-state index in [0.29, 0.717) is 11.6 Å². The number of benzene rings is 1. The third-order valence-corrected chi connectivity index (χ3v) is 2.66. The number of rotatable bonds is 4. The molecule has 1 unspecified atom stereocenters. The van der Waals surface area contributed by atoms with Crippen LogP contribution in [0.25, 0.3) is 0 Å². The van der Waals surface area contributed by atoms with Crippen LogP contribution in [-0.2, 0) is 0 Å². The van der Waals surface area contributed by atoms with Crippen molar-refractivity contribution >= 4 is 5.84 Å². The second kappa shape index (κ2) is 5.86. The summed E-state index contributed by atoms with van der Waals surface area (Å²) in [5, 5.41) is 11.5. The molecule has 0 amide bonds. The molecule has 0 fully saturated rings. The highest BCUT2D eigenvalue weighted by Crippen LogP contribution is 2.19. The van der Waals surface area contributed by atoms with Gasteiger partial charge in [0.25, 0.3) is 0 Å². The van der Waals surface area contributed by atoms with Crippen LogP contribution in [0, 0.1) is 0 Å². The minimum atomic E-state index is -0.128. The lowest BCUT2D eigenvalue weighted by atomic mass is 10.1. The molecule has 0 radical (unpaired) electrons. The summed E-state index contributed by atoms with van der Waals surface area (Å²) in [4.78, 5) is 4.17. The maximum Gasteiger partial charge on any atom is 0.214 e. The number of nitrogens with zero attached hydrogens (tertiary/aromatic N) is 2. The Morgan fingerprint density at radius 2 is 1.95 bits per heavy atom. The second-order valence-corrected chi connectivity index (χ2v) is 4.02. The standard InChI is InChI=1S/C14H15N3O2/c1-10(11-6-3-2-4-7-11)19-13-9-5-8-12(16-13)14(15)17-18/h2-10,18H,1H3,(H2,15,17). The largest absolute Gasteiger partial charge is 0.470 e. The van der Waals surface area contributed by atoms with Crippen LogP contribution in [0.1, 0.15) is 24.3 Å². The first-order valence-electron chi connectivity index (χ1n) is 5.87. The predicted molar refractivity (Wildman–Crippen MR) is 72.2 cm³/mol. The lowest BCUT2D eigenvalue weighted by Gasteiger charge is -2.14. The molecule has 0 saturated heterocycles. The van der Waals surface area contributed by atoms with E-state index in [1.165, 1.54) is 0 Å². The van der Waals surface area contributed by atoms with Gasteiger partial charge in [0, 0.05) is 6.07 Å². The molecule has 1 aromatic heterocycles. The van der Waals surface area contributed by atoms with E-state index in [1.54, 1.807) is 18.2 Å². The zero-order chi connectivity index (χ0) is 13.7. The summed E-state index contributed by atoms with van der Waals surface area (Å²) in [5.41, 5.74) is 6.92. The zero-order valence-electron chi connectivity index (χ0n) is 10.5. The van der Waals surface area contributed by atoms with Gasteiger partial charge in [0.15, 0.2) is 5.84 Å². The first-order chi connectivity index (χ1) is 9.20. The van der Waals surface area contributed by atoms with Gasteiger partial charge < -0.3 is 15.7 Å². The van der Waals surface area contributed by atoms with Crippen LogP contribution in [-0.4, -0.2) is 16.0 Å². The molecule has 0 aliphatic carbocycles. The van der Waals surface area contributed by atoms with Gasteiger partial charge in [-0.15, -0.1) is 0 Å². The number of oxime groups is 1. The number of hydrogen-bond donors (Lipinski definition) is 2.